The highest BCUT2D eigenvalue weighted by Gasteiger charge is 2.22. The first kappa shape index (κ1) is 10.2. The van der Waals surface area contributed by atoms with Crippen LogP contribution in [0.15, 0.2) is 9.68 Å². The average molecular weight is 198 g/mol. The molecule has 0 aliphatic carbocycles. The number of aryl methyl sites for hydroxylation is 1. The van der Waals surface area contributed by atoms with Crippen LogP contribution in [0.3, 0.4) is 0 Å². The van der Waals surface area contributed by atoms with E-state index in [1.807, 2.05) is 0 Å². The van der Waals surface area contributed by atoms with Crippen LogP contribution in [0.5, 0.6) is 0 Å². The molecule has 76 valence electrons. The van der Waals surface area contributed by atoms with Gasteiger partial charge in [0.15, 0.2) is 0 Å². The van der Waals surface area contributed by atoms with Crippen LogP contribution in [-0.2, 0) is 4.74 Å². The first-order valence-electron chi connectivity index (χ1n) is 3.85. The van der Waals surface area contributed by atoms with Gasteiger partial charge in [0.1, 0.15) is 5.76 Å². The number of hydrogen-bond donors (Lipinski definition) is 1. The molecule has 0 atom stereocenters. The van der Waals surface area contributed by atoms with Crippen LogP contribution in [0.1, 0.15) is 28.7 Å². The number of rotatable bonds is 2. The van der Waals surface area contributed by atoms with Crippen LogP contribution in [0.25, 0.3) is 0 Å². The van der Waals surface area contributed by atoms with E-state index in [4.69, 9.17) is 9.73 Å². The van der Waals surface area contributed by atoms with Crippen molar-refractivity contribution in [2.24, 2.45) is 5.16 Å². The largest absolute Gasteiger partial charge is 0.464 e. The molecule has 6 heteroatoms. The van der Waals surface area contributed by atoms with E-state index in [0.29, 0.717) is 11.3 Å². The van der Waals surface area contributed by atoms with E-state index in [2.05, 4.69) is 15.0 Å². The first-order chi connectivity index (χ1) is 6.61. The summed E-state index contributed by atoms with van der Waals surface area (Å²) in [5, 5.41) is 15.1. The summed E-state index contributed by atoms with van der Waals surface area (Å²) in [7, 11) is 1.24. The molecule has 0 bridgehead atoms. The van der Waals surface area contributed by atoms with Crippen LogP contribution in [0, 0.1) is 6.92 Å². The van der Waals surface area contributed by atoms with Gasteiger partial charge in [0.05, 0.1) is 18.4 Å². The van der Waals surface area contributed by atoms with Crippen LogP contribution in [-0.4, -0.2) is 29.2 Å². The van der Waals surface area contributed by atoms with E-state index in [1.54, 1.807) is 6.92 Å². The van der Waals surface area contributed by atoms with Gasteiger partial charge in [0.25, 0.3) is 0 Å². The van der Waals surface area contributed by atoms with Crippen molar-refractivity contribution in [2.45, 2.75) is 13.8 Å². The normalized spacial score (nSPS) is 11.5. The fourth-order valence-electron chi connectivity index (χ4n) is 1.08. The van der Waals surface area contributed by atoms with Gasteiger partial charge in [-0.05, 0) is 13.8 Å². The molecule has 1 rings (SSSR count). The molecule has 0 aliphatic rings. The molecule has 1 heterocycles. The van der Waals surface area contributed by atoms with Gasteiger partial charge in [-0.2, -0.15) is 0 Å². The molecule has 0 saturated carbocycles. The number of carbonyl (C=O) groups is 1. The molecule has 6 nitrogen and oxygen atoms in total. The molecule has 1 N–H and O–H groups in total. The summed E-state index contributed by atoms with van der Waals surface area (Å²) >= 11 is 0. The Morgan fingerprint density at radius 2 is 2.29 bits per heavy atom. The standard InChI is InChI=1S/C8H10N2O4/c1-4(9-12)6-5(2)14-10-7(6)8(11)13-3/h12H,1-3H3/b9-4-. The molecule has 0 saturated heterocycles. The second-order valence-electron chi connectivity index (χ2n) is 2.64. The SMILES string of the molecule is COC(=O)c1noc(C)c1/C(C)=N\O. The maximum atomic E-state index is 11.2. The summed E-state index contributed by atoms with van der Waals surface area (Å²) in [4.78, 5) is 11.2. The van der Waals surface area contributed by atoms with E-state index >= 15 is 0 Å². The highest BCUT2D eigenvalue weighted by atomic mass is 16.5. The highest BCUT2D eigenvalue weighted by Crippen LogP contribution is 2.15. The van der Waals surface area contributed by atoms with Crippen molar-refractivity contribution < 1.29 is 19.3 Å². The molecule has 1 aromatic rings. The number of nitrogens with zero attached hydrogens (tertiary/aromatic N) is 2. The summed E-state index contributed by atoms with van der Waals surface area (Å²) in [6.07, 6.45) is 0. The topological polar surface area (TPSA) is 84.9 Å². The number of hydrogen-bond acceptors (Lipinski definition) is 6. The second-order valence-corrected chi connectivity index (χ2v) is 2.64. The van der Waals surface area contributed by atoms with Crippen molar-refractivity contribution >= 4 is 11.7 Å². The van der Waals surface area contributed by atoms with Crippen LogP contribution >= 0.6 is 0 Å². The second kappa shape index (κ2) is 3.91. The van der Waals surface area contributed by atoms with Crippen molar-refractivity contribution in [3.8, 4) is 0 Å². The van der Waals surface area contributed by atoms with Crippen LogP contribution < -0.4 is 0 Å². The lowest BCUT2D eigenvalue weighted by atomic mass is 10.1. The zero-order valence-electron chi connectivity index (χ0n) is 8.07. The summed E-state index contributed by atoms with van der Waals surface area (Å²) in [5.74, 6) is -0.222. The van der Waals surface area contributed by atoms with Gasteiger partial charge < -0.3 is 14.5 Å². The van der Waals surface area contributed by atoms with Gasteiger partial charge in [0, 0.05) is 0 Å². The fourth-order valence-corrected chi connectivity index (χ4v) is 1.08. The van der Waals surface area contributed by atoms with E-state index in [1.165, 1.54) is 14.0 Å². The number of aromatic nitrogens is 1. The highest BCUT2D eigenvalue weighted by molar-refractivity contribution is 6.07. The Hall–Kier alpha value is -1.85. The zero-order valence-corrected chi connectivity index (χ0v) is 8.07. The molecule has 1 aromatic heterocycles. The third-order valence-electron chi connectivity index (χ3n) is 1.75. The van der Waals surface area contributed by atoms with E-state index in [0.717, 1.165) is 0 Å². The Labute approximate surface area is 80.1 Å². The minimum absolute atomic E-state index is 0.0142. The van der Waals surface area contributed by atoms with Gasteiger partial charge in [-0.1, -0.05) is 10.3 Å². The third-order valence-corrected chi connectivity index (χ3v) is 1.75. The van der Waals surface area contributed by atoms with E-state index in [-0.39, 0.29) is 11.4 Å². The lowest BCUT2D eigenvalue weighted by molar-refractivity contribution is 0.0589. The smallest absolute Gasteiger partial charge is 0.360 e. The Morgan fingerprint density at radius 1 is 1.64 bits per heavy atom. The van der Waals surface area contributed by atoms with Crippen molar-refractivity contribution in [1.82, 2.24) is 5.16 Å². The summed E-state index contributed by atoms with van der Waals surface area (Å²) in [6, 6.07) is 0. The molecular formula is C8H10N2O4. The molecular weight excluding hydrogens is 188 g/mol. The molecule has 0 fully saturated rings. The van der Waals surface area contributed by atoms with Gasteiger partial charge in [0.2, 0.25) is 5.69 Å². The Morgan fingerprint density at radius 3 is 2.79 bits per heavy atom. The minimum Gasteiger partial charge on any atom is -0.464 e. The minimum atomic E-state index is -0.625. The molecule has 0 aliphatic heterocycles. The molecule has 0 spiro atoms. The molecule has 0 radical (unpaired) electrons. The number of esters is 1. The quantitative estimate of drug-likeness (QED) is 0.331. The maximum Gasteiger partial charge on any atom is 0.360 e. The monoisotopic (exact) mass is 198 g/mol. The predicted octanol–water partition coefficient (Wildman–Crippen LogP) is 0.968. The first-order valence-corrected chi connectivity index (χ1v) is 3.85. The lowest BCUT2D eigenvalue weighted by Gasteiger charge is -1.97. The van der Waals surface area contributed by atoms with Crippen molar-refractivity contribution in [3.63, 3.8) is 0 Å². The van der Waals surface area contributed by atoms with Crippen molar-refractivity contribution in [1.29, 1.82) is 0 Å². The molecule has 14 heavy (non-hydrogen) atoms. The van der Waals surface area contributed by atoms with E-state index in [9.17, 15) is 4.79 Å². The number of ether oxygens (including phenoxy) is 1. The Kier molecular flexibility index (Phi) is 2.85. The number of oxime groups is 1. The van der Waals surface area contributed by atoms with Crippen LogP contribution in [0.4, 0.5) is 0 Å². The Bertz CT molecular complexity index is 381. The lowest BCUT2D eigenvalue weighted by Crippen LogP contribution is -2.08. The Balaban J connectivity index is 3.26. The zero-order chi connectivity index (χ0) is 10.7. The van der Waals surface area contributed by atoms with Gasteiger partial charge in [-0.15, -0.1) is 0 Å². The van der Waals surface area contributed by atoms with Crippen LogP contribution in [0.2, 0.25) is 0 Å². The average Bonchev–Trinajstić information content (AvgIpc) is 2.58. The third kappa shape index (κ3) is 1.59. The number of methoxy groups -OCH3 is 1. The summed E-state index contributed by atoms with van der Waals surface area (Å²) in [5.41, 5.74) is 0.629. The van der Waals surface area contributed by atoms with Crippen molar-refractivity contribution in [3.05, 3.63) is 17.0 Å². The maximum absolute atomic E-state index is 11.2. The van der Waals surface area contributed by atoms with Crippen molar-refractivity contribution in [2.75, 3.05) is 7.11 Å². The summed E-state index contributed by atoms with van der Waals surface area (Å²) in [6.45, 7) is 3.15. The summed E-state index contributed by atoms with van der Waals surface area (Å²) < 4.78 is 9.29. The predicted molar refractivity (Wildman–Crippen MR) is 46.6 cm³/mol. The fraction of sp³-hybridized carbons (Fsp3) is 0.375. The van der Waals surface area contributed by atoms with Gasteiger partial charge in [-0.25, -0.2) is 4.79 Å². The molecule has 0 amide bonds. The van der Waals surface area contributed by atoms with Gasteiger partial charge >= 0.3 is 5.97 Å². The number of carbonyl (C=O) groups excluding carboxylic acids is 1. The van der Waals surface area contributed by atoms with Gasteiger partial charge in [-0.3, -0.25) is 0 Å². The molecule has 0 aromatic carbocycles. The molecule has 0 unspecified atom stereocenters. The van der Waals surface area contributed by atoms with E-state index < -0.39 is 5.97 Å².